The molecular weight excluding hydrogens is 426 g/mol. The number of hydrogen-bond acceptors (Lipinski definition) is 8. The summed E-state index contributed by atoms with van der Waals surface area (Å²) in [6, 6.07) is 5.27. The van der Waals surface area contributed by atoms with Crippen molar-refractivity contribution in [2.75, 3.05) is 27.9 Å². The normalized spacial score (nSPS) is 22.4. The molecule has 3 rings (SSSR count). The van der Waals surface area contributed by atoms with Crippen LogP contribution in [0.3, 0.4) is 0 Å². The summed E-state index contributed by atoms with van der Waals surface area (Å²) in [6.07, 6.45) is 1.14. The second kappa shape index (κ2) is 10.1. The van der Waals surface area contributed by atoms with Crippen LogP contribution in [0.15, 0.2) is 40.7 Å². The number of nitrogens with one attached hydrogen (secondary N) is 1. The zero-order chi connectivity index (χ0) is 24.3. The van der Waals surface area contributed by atoms with Gasteiger partial charge in [-0.2, -0.15) is 0 Å². The van der Waals surface area contributed by atoms with Crippen LogP contribution in [-0.4, -0.2) is 45.7 Å². The number of benzene rings is 1. The first-order chi connectivity index (χ1) is 15.8. The third-order valence-corrected chi connectivity index (χ3v) is 6.14. The lowest BCUT2D eigenvalue weighted by Gasteiger charge is -2.38. The van der Waals surface area contributed by atoms with Gasteiger partial charge in [0.05, 0.1) is 33.5 Å². The van der Waals surface area contributed by atoms with Crippen molar-refractivity contribution >= 4 is 17.7 Å². The van der Waals surface area contributed by atoms with Gasteiger partial charge in [-0.3, -0.25) is 9.59 Å². The Morgan fingerprint density at radius 1 is 1.12 bits per heavy atom. The maximum absolute atomic E-state index is 13.7. The minimum atomic E-state index is -0.940. The largest absolute Gasteiger partial charge is 0.493 e. The Balaban J connectivity index is 2.20. The maximum atomic E-state index is 13.7. The average Bonchev–Trinajstić information content (AvgIpc) is 2.80. The fourth-order valence-electron chi connectivity index (χ4n) is 4.59. The molecule has 1 aromatic carbocycles. The summed E-state index contributed by atoms with van der Waals surface area (Å²) in [5, 5.41) is 3.24. The first-order valence-electron chi connectivity index (χ1n) is 11.0. The third kappa shape index (κ3) is 4.47. The molecule has 0 saturated carbocycles. The van der Waals surface area contributed by atoms with Gasteiger partial charge in [-0.1, -0.05) is 19.9 Å². The number of carbonyl (C=O) groups is 3. The molecule has 1 heterocycles. The number of rotatable bonds is 7. The van der Waals surface area contributed by atoms with Crippen LogP contribution in [0.1, 0.15) is 45.1 Å². The Morgan fingerprint density at radius 2 is 1.82 bits per heavy atom. The third-order valence-electron chi connectivity index (χ3n) is 6.14. The molecule has 0 amide bonds. The molecule has 0 bridgehead atoms. The minimum Gasteiger partial charge on any atom is -0.493 e. The van der Waals surface area contributed by atoms with Gasteiger partial charge in [0.1, 0.15) is 5.92 Å². The highest BCUT2D eigenvalue weighted by Gasteiger charge is 2.47. The summed E-state index contributed by atoms with van der Waals surface area (Å²) < 4.78 is 21.2. The average molecular weight is 458 g/mol. The van der Waals surface area contributed by atoms with E-state index in [9.17, 15) is 14.4 Å². The molecule has 0 saturated heterocycles. The number of hydrogen-bond donors (Lipinski definition) is 1. The van der Waals surface area contributed by atoms with E-state index >= 15 is 0 Å². The van der Waals surface area contributed by atoms with E-state index in [1.165, 1.54) is 21.3 Å². The van der Waals surface area contributed by atoms with Crippen molar-refractivity contribution < 1.29 is 33.3 Å². The van der Waals surface area contributed by atoms with Gasteiger partial charge in [-0.15, -0.1) is 0 Å². The van der Waals surface area contributed by atoms with Gasteiger partial charge >= 0.3 is 11.9 Å². The number of ketones is 1. The Hall–Kier alpha value is -3.29. The zero-order valence-corrected chi connectivity index (χ0v) is 19.9. The van der Waals surface area contributed by atoms with E-state index in [4.69, 9.17) is 18.9 Å². The first kappa shape index (κ1) is 24.4. The van der Waals surface area contributed by atoms with E-state index < -0.39 is 23.8 Å². The number of dihydropyridines is 1. The van der Waals surface area contributed by atoms with E-state index in [0.717, 1.165) is 0 Å². The summed E-state index contributed by atoms with van der Waals surface area (Å²) in [5.74, 6) is -2.35. The van der Waals surface area contributed by atoms with E-state index in [2.05, 4.69) is 5.32 Å². The lowest BCUT2D eigenvalue weighted by atomic mass is 9.69. The fraction of sp³-hybridized carbons (Fsp3) is 0.480. The van der Waals surface area contributed by atoms with Gasteiger partial charge in [0.15, 0.2) is 17.3 Å². The summed E-state index contributed by atoms with van der Waals surface area (Å²) in [6.45, 7) is 5.81. The fourth-order valence-corrected chi connectivity index (χ4v) is 4.59. The summed E-state index contributed by atoms with van der Waals surface area (Å²) in [5.41, 5.74) is 2.70. The topological polar surface area (TPSA) is 100 Å². The molecule has 178 valence electrons. The Kier molecular flexibility index (Phi) is 7.46. The highest BCUT2D eigenvalue weighted by atomic mass is 16.5. The number of Topliss-reactive ketones (excluding diaryl/α,β-unsaturated/α-hetero) is 1. The predicted octanol–water partition coefficient (Wildman–Crippen LogP) is 3.27. The summed E-state index contributed by atoms with van der Waals surface area (Å²) in [4.78, 5) is 39.3. The van der Waals surface area contributed by atoms with E-state index in [-0.39, 0.29) is 18.3 Å². The molecule has 0 unspecified atom stereocenters. The molecule has 8 heteroatoms. The molecule has 1 aliphatic heterocycles. The van der Waals surface area contributed by atoms with Gasteiger partial charge in [0.25, 0.3) is 0 Å². The van der Waals surface area contributed by atoms with Gasteiger partial charge < -0.3 is 24.3 Å². The van der Waals surface area contributed by atoms with Crippen LogP contribution in [0, 0.1) is 11.8 Å². The van der Waals surface area contributed by atoms with Crippen molar-refractivity contribution in [2.24, 2.45) is 11.8 Å². The molecule has 2 aliphatic rings. The first-order valence-corrected chi connectivity index (χ1v) is 11.0. The SMILES string of the molecule is CCCOC(=O)C1=C(C)NC2=C(C(=O)[C@H](C(=O)OC)[C@H](C)C2)[C@@H]1c1ccc(OC)c(OC)c1. The number of allylic oxidation sites excluding steroid dienone is 3. The second-order valence-electron chi connectivity index (χ2n) is 8.29. The standard InChI is InChI=1S/C25H31NO7/c1-7-10-33-25(29)20-14(3)26-16-11-13(2)19(24(28)32-6)23(27)22(16)21(20)15-8-9-17(30-4)18(12-15)31-5/h8-9,12-13,19,21,26H,7,10-11H2,1-6H3/t13-,19-,21-/m1/s1. The van der Waals surface area contributed by atoms with Crippen molar-refractivity contribution in [3.63, 3.8) is 0 Å². The van der Waals surface area contributed by atoms with Crippen molar-refractivity contribution in [3.05, 3.63) is 46.3 Å². The highest BCUT2D eigenvalue weighted by Crippen LogP contribution is 2.46. The summed E-state index contributed by atoms with van der Waals surface area (Å²) in [7, 11) is 4.33. The summed E-state index contributed by atoms with van der Waals surface area (Å²) >= 11 is 0. The number of carbonyl (C=O) groups excluding carboxylic acids is 3. The van der Waals surface area contributed by atoms with Crippen LogP contribution in [0.4, 0.5) is 0 Å². The lowest BCUT2D eigenvalue weighted by molar-refractivity contribution is -0.151. The Morgan fingerprint density at radius 3 is 2.42 bits per heavy atom. The van der Waals surface area contributed by atoms with Crippen LogP contribution < -0.4 is 14.8 Å². The zero-order valence-electron chi connectivity index (χ0n) is 19.9. The van der Waals surface area contributed by atoms with Crippen LogP contribution in [0.2, 0.25) is 0 Å². The van der Waals surface area contributed by atoms with Gasteiger partial charge in [0.2, 0.25) is 0 Å². The predicted molar refractivity (Wildman–Crippen MR) is 121 cm³/mol. The highest BCUT2D eigenvalue weighted by molar-refractivity contribution is 6.12. The minimum absolute atomic E-state index is 0.247. The van der Waals surface area contributed by atoms with Crippen molar-refractivity contribution in [1.29, 1.82) is 0 Å². The smallest absolute Gasteiger partial charge is 0.336 e. The Labute approximate surface area is 193 Å². The van der Waals surface area contributed by atoms with Crippen molar-refractivity contribution in [1.82, 2.24) is 5.32 Å². The second-order valence-corrected chi connectivity index (χ2v) is 8.29. The number of esters is 2. The monoisotopic (exact) mass is 457 g/mol. The molecular formula is C25H31NO7. The maximum Gasteiger partial charge on any atom is 0.336 e. The molecule has 1 aliphatic carbocycles. The molecule has 0 spiro atoms. The van der Waals surface area contributed by atoms with Crippen LogP contribution in [0.25, 0.3) is 0 Å². The number of methoxy groups -OCH3 is 3. The van der Waals surface area contributed by atoms with Crippen LogP contribution in [0.5, 0.6) is 11.5 Å². The van der Waals surface area contributed by atoms with Crippen molar-refractivity contribution in [3.8, 4) is 11.5 Å². The molecule has 3 atom stereocenters. The van der Waals surface area contributed by atoms with E-state index in [1.807, 2.05) is 13.8 Å². The Bertz CT molecular complexity index is 1020. The van der Waals surface area contributed by atoms with Crippen molar-refractivity contribution in [2.45, 2.75) is 39.5 Å². The number of ether oxygens (including phenoxy) is 4. The van der Waals surface area contributed by atoms with Crippen LogP contribution >= 0.6 is 0 Å². The quantitative estimate of drug-likeness (QED) is 0.492. The van der Waals surface area contributed by atoms with E-state index in [1.54, 1.807) is 25.1 Å². The van der Waals surface area contributed by atoms with Gasteiger partial charge in [-0.25, -0.2) is 4.79 Å². The van der Waals surface area contributed by atoms with Crippen LogP contribution in [-0.2, 0) is 23.9 Å². The van der Waals surface area contributed by atoms with Gasteiger partial charge in [0, 0.05) is 22.9 Å². The van der Waals surface area contributed by atoms with E-state index in [0.29, 0.717) is 52.4 Å². The molecule has 8 nitrogen and oxygen atoms in total. The molecule has 33 heavy (non-hydrogen) atoms. The lowest BCUT2D eigenvalue weighted by Crippen LogP contribution is -2.43. The molecule has 0 fully saturated rings. The molecule has 0 radical (unpaired) electrons. The van der Waals surface area contributed by atoms with Gasteiger partial charge in [-0.05, 0) is 43.4 Å². The molecule has 1 aromatic rings. The molecule has 0 aromatic heterocycles. The molecule has 1 N–H and O–H groups in total.